The van der Waals surface area contributed by atoms with Crippen molar-refractivity contribution in [2.45, 2.75) is 25.6 Å². The summed E-state index contributed by atoms with van der Waals surface area (Å²) in [6, 6.07) is 2.52. The van der Waals surface area contributed by atoms with E-state index in [-0.39, 0.29) is 17.9 Å². The van der Waals surface area contributed by atoms with Gasteiger partial charge in [-0.2, -0.15) is 13.2 Å². The van der Waals surface area contributed by atoms with Gasteiger partial charge in [0.25, 0.3) is 0 Å². The van der Waals surface area contributed by atoms with Gasteiger partial charge in [-0.15, -0.1) is 0 Å². The van der Waals surface area contributed by atoms with Gasteiger partial charge < -0.3 is 15.6 Å². The molecule has 0 saturated carbocycles. The summed E-state index contributed by atoms with van der Waals surface area (Å²) in [5.74, 6) is -1.27. The van der Waals surface area contributed by atoms with Crippen molar-refractivity contribution in [3.63, 3.8) is 0 Å². The SMILES string of the molecule is CCC(Oc1ccc(C(F)(F)F)cc1N)C(=O)O. The molecule has 18 heavy (non-hydrogen) atoms. The lowest BCUT2D eigenvalue weighted by atomic mass is 10.2. The van der Waals surface area contributed by atoms with E-state index in [1.807, 2.05) is 0 Å². The quantitative estimate of drug-likeness (QED) is 0.819. The number of ether oxygens (including phenoxy) is 1. The molecule has 0 amide bonds. The maximum absolute atomic E-state index is 12.4. The van der Waals surface area contributed by atoms with Crippen LogP contribution in [0.4, 0.5) is 18.9 Å². The fourth-order valence-electron chi connectivity index (χ4n) is 1.29. The Kier molecular flexibility index (Phi) is 4.05. The van der Waals surface area contributed by atoms with Crippen LogP contribution in [-0.2, 0) is 11.0 Å². The average Bonchev–Trinajstić information content (AvgIpc) is 2.25. The van der Waals surface area contributed by atoms with Gasteiger partial charge in [-0.05, 0) is 24.6 Å². The lowest BCUT2D eigenvalue weighted by Gasteiger charge is -2.16. The molecule has 4 nitrogen and oxygen atoms in total. The molecule has 1 rings (SSSR count). The van der Waals surface area contributed by atoms with Gasteiger partial charge in [0.1, 0.15) is 5.75 Å². The number of carboxylic acid groups (broad SMARTS) is 1. The topological polar surface area (TPSA) is 72.5 Å². The predicted octanol–water partition coefficient (Wildman–Crippen LogP) is 2.53. The highest BCUT2D eigenvalue weighted by atomic mass is 19.4. The molecule has 0 bridgehead atoms. The molecule has 0 aliphatic heterocycles. The molecule has 0 aromatic heterocycles. The Morgan fingerprint density at radius 3 is 2.50 bits per heavy atom. The van der Waals surface area contributed by atoms with E-state index in [4.69, 9.17) is 15.6 Å². The monoisotopic (exact) mass is 263 g/mol. The summed E-state index contributed by atoms with van der Waals surface area (Å²) in [5.41, 5.74) is 4.25. The summed E-state index contributed by atoms with van der Waals surface area (Å²) in [5, 5.41) is 8.76. The molecule has 3 N–H and O–H groups in total. The summed E-state index contributed by atoms with van der Waals surface area (Å²) in [4.78, 5) is 10.7. The second-order valence-electron chi connectivity index (χ2n) is 3.60. The summed E-state index contributed by atoms with van der Waals surface area (Å²) in [6.45, 7) is 1.58. The number of halogens is 3. The molecular weight excluding hydrogens is 251 g/mol. The summed E-state index contributed by atoms with van der Waals surface area (Å²) in [7, 11) is 0. The lowest BCUT2D eigenvalue weighted by molar-refractivity contribution is -0.145. The molecule has 0 fully saturated rings. The van der Waals surface area contributed by atoms with Gasteiger partial charge in [0, 0.05) is 0 Å². The van der Waals surface area contributed by atoms with Crippen LogP contribution in [0.2, 0.25) is 0 Å². The zero-order valence-electron chi connectivity index (χ0n) is 9.49. The Hall–Kier alpha value is -1.92. The summed E-state index contributed by atoms with van der Waals surface area (Å²) >= 11 is 0. The van der Waals surface area contributed by atoms with Gasteiger partial charge in [0.15, 0.2) is 6.10 Å². The fraction of sp³-hybridized carbons (Fsp3) is 0.364. The number of alkyl halides is 3. The maximum Gasteiger partial charge on any atom is 0.416 e. The first-order valence-electron chi connectivity index (χ1n) is 5.12. The Morgan fingerprint density at radius 1 is 1.50 bits per heavy atom. The van der Waals surface area contributed by atoms with Gasteiger partial charge in [-0.25, -0.2) is 4.79 Å². The zero-order valence-corrected chi connectivity index (χ0v) is 9.49. The number of carbonyl (C=O) groups is 1. The van der Waals surface area contributed by atoms with E-state index in [9.17, 15) is 18.0 Å². The Labute approximate surface area is 101 Å². The van der Waals surface area contributed by atoms with E-state index in [1.165, 1.54) is 0 Å². The van der Waals surface area contributed by atoms with Crippen LogP contribution in [0.25, 0.3) is 0 Å². The molecule has 100 valence electrons. The largest absolute Gasteiger partial charge is 0.479 e. The molecular formula is C11H12F3NO3. The van der Waals surface area contributed by atoms with E-state index in [1.54, 1.807) is 6.92 Å². The molecule has 0 heterocycles. The molecule has 1 unspecified atom stereocenters. The molecule has 1 aromatic rings. The van der Waals surface area contributed by atoms with Crippen LogP contribution < -0.4 is 10.5 Å². The number of hydrogen-bond donors (Lipinski definition) is 2. The van der Waals surface area contributed by atoms with Crippen molar-refractivity contribution in [2.24, 2.45) is 0 Å². The van der Waals surface area contributed by atoms with Gasteiger partial charge in [-0.3, -0.25) is 0 Å². The molecule has 1 aromatic carbocycles. The predicted molar refractivity (Wildman–Crippen MR) is 58.2 cm³/mol. The summed E-state index contributed by atoms with van der Waals surface area (Å²) < 4.78 is 42.1. The third-order valence-corrected chi connectivity index (χ3v) is 2.25. The van der Waals surface area contributed by atoms with Gasteiger partial charge in [0.05, 0.1) is 11.3 Å². The Morgan fingerprint density at radius 2 is 2.11 bits per heavy atom. The highest BCUT2D eigenvalue weighted by Gasteiger charge is 2.31. The average molecular weight is 263 g/mol. The van der Waals surface area contributed by atoms with E-state index >= 15 is 0 Å². The van der Waals surface area contributed by atoms with Crippen molar-refractivity contribution in [2.75, 3.05) is 5.73 Å². The van der Waals surface area contributed by atoms with Crippen molar-refractivity contribution in [1.82, 2.24) is 0 Å². The van der Waals surface area contributed by atoms with Crippen LogP contribution in [0, 0.1) is 0 Å². The number of carboxylic acids is 1. The van der Waals surface area contributed by atoms with E-state index in [0.29, 0.717) is 6.07 Å². The minimum absolute atomic E-state index is 0.0720. The second-order valence-corrected chi connectivity index (χ2v) is 3.60. The smallest absolute Gasteiger partial charge is 0.416 e. The van der Waals surface area contributed by atoms with Crippen LogP contribution in [-0.4, -0.2) is 17.2 Å². The number of anilines is 1. The van der Waals surface area contributed by atoms with Crippen LogP contribution >= 0.6 is 0 Å². The van der Waals surface area contributed by atoms with Crippen molar-refractivity contribution in [3.8, 4) is 5.75 Å². The number of hydrogen-bond acceptors (Lipinski definition) is 3. The van der Waals surface area contributed by atoms with Crippen LogP contribution in [0.15, 0.2) is 18.2 Å². The third kappa shape index (κ3) is 3.28. The van der Waals surface area contributed by atoms with E-state index in [2.05, 4.69) is 0 Å². The molecule has 0 spiro atoms. The minimum Gasteiger partial charge on any atom is -0.479 e. The van der Waals surface area contributed by atoms with E-state index < -0.39 is 23.8 Å². The fourth-order valence-corrected chi connectivity index (χ4v) is 1.29. The standard InChI is InChI=1S/C11H12F3NO3/c1-2-8(10(16)17)18-9-4-3-6(5-7(9)15)11(12,13)14/h3-5,8H,2,15H2,1H3,(H,16,17). The lowest BCUT2D eigenvalue weighted by Crippen LogP contribution is -2.26. The van der Waals surface area contributed by atoms with E-state index in [0.717, 1.165) is 12.1 Å². The normalized spacial score (nSPS) is 13.1. The summed E-state index contributed by atoms with van der Waals surface area (Å²) in [6.07, 6.45) is -5.46. The van der Waals surface area contributed by atoms with Crippen LogP contribution in [0.5, 0.6) is 5.75 Å². The van der Waals surface area contributed by atoms with Crippen molar-refractivity contribution >= 4 is 11.7 Å². The first-order chi connectivity index (χ1) is 8.25. The number of rotatable bonds is 4. The molecule has 7 heteroatoms. The highest BCUT2D eigenvalue weighted by molar-refractivity contribution is 5.73. The van der Waals surface area contributed by atoms with Crippen molar-refractivity contribution < 1.29 is 27.8 Å². The minimum atomic E-state index is -4.50. The first kappa shape index (κ1) is 14.1. The molecule has 0 aliphatic carbocycles. The van der Waals surface area contributed by atoms with Crippen molar-refractivity contribution in [1.29, 1.82) is 0 Å². The number of benzene rings is 1. The Balaban J connectivity index is 2.96. The molecule has 0 aliphatic rings. The Bertz CT molecular complexity index is 446. The third-order valence-electron chi connectivity index (χ3n) is 2.25. The van der Waals surface area contributed by atoms with Gasteiger partial charge >= 0.3 is 12.1 Å². The van der Waals surface area contributed by atoms with Crippen LogP contribution in [0.1, 0.15) is 18.9 Å². The molecule has 0 radical (unpaired) electrons. The maximum atomic E-state index is 12.4. The second kappa shape index (κ2) is 5.16. The van der Waals surface area contributed by atoms with Gasteiger partial charge in [-0.1, -0.05) is 6.92 Å². The zero-order chi connectivity index (χ0) is 13.9. The van der Waals surface area contributed by atoms with Crippen LogP contribution in [0.3, 0.4) is 0 Å². The number of nitrogens with two attached hydrogens (primary N) is 1. The molecule has 0 saturated heterocycles. The number of aliphatic carboxylic acids is 1. The number of nitrogen functional groups attached to an aromatic ring is 1. The van der Waals surface area contributed by atoms with Gasteiger partial charge in [0.2, 0.25) is 0 Å². The molecule has 1 atom stereocenters. The first-order valence-corrected chi connectivity index (χ1v) is 5.12. The highest BCUT2D eigenvalue weighted by Crippen LogP contribution is 2.34. The van der Waals surface area contributed by atoms with Crippen molar-refractivity contribution in [3.05, 3.63) is 23.8 Å².